The Morgan fingerprint density at radius 1 is 0.828 bits per heavy atom. The lowest BCUT2D eigenvalue weighted by molar-refractivity contribution is 0.667. The van der Waals surface area contributed by atoms with Crippen molar-refractivity contribution in [1.29, 1.82) is 0 Å². The van der Waals surface area contributed by atoms with Gasteiger partial charge in [-0.05, 0) is 59.0 Å². The molecule has 0 atom stereocenters. The number of aromatic nitrogens is 4. The van der Waals surface area contributed by atoms with E-state index in [1.165, 1.54) is 0 Å². The van der Waals surface area contributed by atoms with Crippen molar-refractivity contribution in [2.75, 3.05) is 0 Å². The maximum Gasteiger partial charge on any atom is 0.258 e. The molecule has 0 saturated carbocycles. The second kappa shape index (κ2) is 7.28. The molecule has 0 unspecified atom stereocenters. The third-order valence-electron chi connectivity index (χ3n) is 5.17. The van der Waals surface area contributed by atoms with Gasteiger partial charge in [-0.25, -0.2) is 0 Å². The van der Waals surface area contributed by atoms with Crippen LogP contribution < -0.4 is 5.56 Å². The molecule has 29 heavy (non-hydrogen) atoms. The van der Waals surface area contributed by atoms with Crippen molar-refractivity contribution in [2.24, 2.45) is 0 Å². The molecule has 5 aromatic rings. The van der Waals surface area contributed by atoms with E-state index in [-0.39, 0.29) is 5.56 Å². The van der Waals surface area contributed by atoms with Crippen LogP contribution in [-0.2, 0) is 13.0 Å². The molecule has 0 aliphatic heterocycles. The summed E-state index contributed by atoms with van der Waals surface area (Å²) >= 11 is 0. The van der Waals surface area contributed by atoms with Crippen LogP contribution in [0.3, 0.4) is 0 Å². The topological polar surface area (TPSA) is 60.7 Å². The molecule has 0 saturated heterocycles. The summed E-state index contributed by atoms with van der Waals surface area (Å²) in [7, 11) is 0. The van der Waals surface area contributed by atoms with E-state index in [2.05, 4.69) is 15.0 Å². The molecule has 0 N–H and O–H groups in total. The quantitative estimate of drug-likeness (QED) is 0.469. The van der Waals surface area contributed by atoms with Crippen LogP contribution in [0.15, 0.2) is 90.4 Å². The Kier molecular flexibility index (Phi) is 4.33. The standard InChI is InChI=1S/C24H18N4O/c29-24-22-3-1-2-20(17-6-11-25-12-7-17)21(22)10-15-28(24)14-9-19-5-4-18-16-26-13-8-23(18)27-19/h1-8,10-13,15-16H,9,14H2. The number of fused-ring (bicyclic) bond motifs is 2. The Hall–Kier alpha value is -3.86. The van der Waals surface area contributed by atoms with Gasteiger partial charge in [-0.3, -0.25) is 19.7 Å². The van der Waals surface area contributed by atoms with E-state index in [0.29, 0.717) is 13.0 Å². The highest BCUT2D eigenvalue weighted by Gasteiger charge is 2.08. The summed E-state index contributed by atoms with van der Waals surface area (Å²) in [5, 5.41) is 2.69. The van der Waals surface area contributed by atoms with Crippen molar-refractivity contribution in [3.05, 3.63) is 102 Å². The zero-order valence-electron chi connectivity index (χ0n) is 15.7. The molecule has 5 nitrogen and oxygen atoms in total. The summed E-state index contributed by atoms with van der Waals surface area (Å²) in [5.41, 5.74) is 3.99. The largest absolute Gasteiger partial charge is 0.315 e. The first-order valence-corrected chi connectivity index (χ1v) is 9.52. The van der Waals surface area contributed by atoms with Crippen LogP contribution in [0.4, 0.5) is 0 Å². The van der Waals surface area contributed by atoms with Gasteiger partial charge in [0.1, 0.15) is 0 Å². The van der Waals surface area contributed by atoms with Gasteiger partial charge in [0.05, 0.1) is 5.52 Å². The number of benzene rings is 1. The minimum absolute atomic E-state index is 0.0170. The van der Waals surface area contributed by atoms with Crippen molar-refractivity contribution in [1.82, 2.24) is 19.5 Å². The van der Waals surface area contributed by atoms with Gasteiger partial charge in [-0.1, -0.05) is 12.1 Å². The summed E-state index contributed by atoms with van der Waals surface area (Å²) in [5.74, 6) is 0. The first kappa shape index (κ1) is 17.3. The minimum atomic E-state index is 0.0170. The Labute approximate surface area is 167 Å². The van der Waals surface area contributed by atoms with E-state index in [1.807, 2.05) is 60.8 Å². The zero-order valence-corrected chi connectivity index (χ0v) is 15.7. The average molecular weight is 378 g/mol. The molecule has 1 aromatic carbocycles. The van der Waals surface area contributed by atoms with Crippen molar-refractivity contribution < 1.29 is 0 Å². The summed E-state index contributed by atoms with van der Waals surface area (Å²) in [6.45, 7) is 0.581. The van der Waals surface area contributed by atoms with Gasteiger partial charge in [0.2, 0.25) is 0 Å². The van der Waals surface area contributed by atoms with Gasteiger partial charge in [0, 0.05) is 60.4 Å². The molecule has 0 bridgehead atoms. The highest BCUT2D eigenvalue weighted by atomic mass is 16.1. The predicted molar refractivity (Wildman–Crippen MR) is 115 cm³/mol. The SMILES string of the molecule is O=c1c2cccc(-c3ccncc3)c2ccn1CCc1ccc2cnccc2n1. The first-order valence-electron chi connectivity index (χ1n) is 9.52. The van der Waals surface area contributed by atoms with Gasteiger partial charge in [0.25, 0.3) is 5.56 Å². The van der Waals surface area contributed by atoms with E-state index in [1.54, 1.807) is 29.4 Å². The number of hydrogen-bond donors (Lipinski definition) is 0. The minimum Gasteiger partial charge on any atom is -0.315 e. The molecule has 0 aliphatic carbocycles. The summed E-state index contributed by atoms with van der Waals surface area (Å²) in [6, 6.07) is 17.7. The number of aryl methyl sites for hydroxylation is 2. The Morgan fingerprint density at radius 3 is 2.59 bits per heavy atom. The fraction of sp³-hybridized carbons (Fsp3) is 0.0833. The van der Waals surface area contributed by atoms with Gasteiger partial charge >= 0.3 is 0 Å². The van der Waals surface area contributed by atoms with E-state index in [4.69, 9.17) is 0 Å². The highest BCUT2D eigenvalue weighted by molar-refractivity contribution is 5.96. The molecule has 0 amide bonds. The smallest absolute Gasteiger partial charge is 0.258 e. The number of nitrogens with zero attached hydrogens (tertiary/aromatic N) is 4. The molecule has 0 spiro atoms. The van der Waals surface area contributed by atoms with Crippen LogP contribution in [0, 0.1) is 0 Å². The van der Waals surface area contributed by atoms with E-state index >= 15 is 0 Å². The van der Waals surface area contributed by atoms with Crippen molar-refractivity contribution >= 4 is 21.7 Å². The van der Waals surface area contributed by atoms with E-state index in [0.717, 1.165) is 38.5 Å². The van der Waals surface area contributed by atoms with Crippen molar-refractivity contribution in [3.63, 3.8) is 0 Å². The van der Waals surface area contributed by atoms with Gasteiger partial charge < -0.3 is 4.57 Å². The molecular weight excluding hydrogens is 360 g/mol. The fourth-order valence-electron chi connectivity index (χ4n) is 3.66. The third kappa shape index (κ3) is 3.27. The lowest BCUT2D eigenvalue weighted by atomic mass is 10.0. The van der Waals surface area contributed by atoms with Crippen molar-refractivity contribution in [2.45, 2.75) is 13.0 Å². The van der Waals surface area contributed by atoms with Gasteiger partial charge in [0.15, 0.2) is 0 Å². The van der Waals surface area contributed by atoms with Crippen LogP contribution in [0.1, 0.15) is 5.69 Å². The highest BCUT2D eigenvalue weighted by Crippen LogP contribution is 2.26. The maximum atomic E-state index is 13.1. The summed E-state index contributed by atoms with van der Waals surface area (Å²) in [6.07, 6.45) is 9.64. The van der Waals surface area contributed by atoms with Crippen LogP contribution in [0.25, 0.3) is 32.8 Å². The third-order valence-corrected chi connectivity index (χ3v) is 5.17. The van der Waals surface area contributed by atoms with Crippen LogP contribution >= 0.6 is 0 Å². The van der Waals surface area contributed by atoms with Crippen molar-refractivity contribution in [3.8, 4) is 11.1 Å². The second-order valence-corrected chi connectivity index (χ2v) is 6.94. The lowest BCUT2D eigenvalue weighted by Crippen LogP contribution is -2.20. The fourth-order valence-corrected chi connectivity index (χ4v) is 3.66. The van der Waals surface area contributed by atoms with Crippen LogP contribution in [0.5, 0.6) is 0 Å². The molecule has 0 fully saturated rings. The zero-order chi connectivity index (χ0) is 19.6. The van der Waals surface area contributed by atoms with E-state index < -0.39 is 0 Å². The molecular formula is C24H18N4O. The number of rotatable bonds is 4. The van der Waals surface area contributed by atoms with Crippen LogP contribution in [-0.4, -0.2) is 19.5 Å². The summed E-state index contributed by atoms with van der Waals surface area (Å²) < 4.78 is 1.76. The average Bonchev–Trinajstić information content (AvgIpc) is 2.79. The molecule has 4 heterocycles. The van der Waals surface area contributed by atoms with Gasteiger partial charge in [-0.2, -0.15) is 0 Å². The molecule has 5 rings (SSSR count). The molecule has 0 radical (unpaired) electrons. The molecule has 0 aliphatic rings. The number of pyridine rings is 4. The van der Waals surface area contributed by atoms with Crippen LogP contribution in [0.2, 0.25) is 0 Å². The Bertz CT molecular complexity index is 1380. The first-order chi connectivity index (χ1) is 14.3. The lowest BCUT2D eigenvalue weighted by Gasteiger charge is -2.10. The van der Waals surface area contributed by atoms with E-state index in [9.17, 15) is 4.79 Å². The maximum absolute atomic E-state index is 13.1. The monoisotopic (exact) mass is 378 g/mol. The number of hydrogen-bond acceptors (Lipinski definition) is 4. The summed E-state index contributed by atoms with van der Waals surface area (Å²) in [4.78, 5) is 25.9. The molecule has 5 heteroatoms. The molecule has 4 aromatic heterocycles. The Morgan fingerprint density at radius 2 is 1.69 bits per heavy atom. The van der Waals surface area contributed by atoms with Gasteiger partial charge in [-0.15, -0.1) is 0 Å². The predicted octanol–water partition coefficient (Wildman–Crippen LogP) is 4.25. The second-order valence-electron chi connectivity index (χ2n) is 6.94. The normalized spacial score (nSPS) is 11.2. The molecule has 140 valence electrons. The Balaban J connectivity index is 1.48.